The van der Waals surface area contributed by atoms with Crippen molar-refractivity contribution in [1.29, 1.82) is 0 Å². The molecule has 0 spiro atoms. The van der Waals surface area contributed by atoms with Crippen molar-refractivity contribution >= 4 is 11.7 Å². The molecule has 2 aliphatic heterocycles. The zero-order valence-electron chi connectivity index (χ0n) is 12.5. The van der Waals surface area contributed by atoms with E-state index >= 15 is 0 Å². The molecule has 1 fully saturated rings. The summed E-state index contributed by atoms with van der Waals surface area (Å²) in [5.41, 5.74) is 1.93. The Morgan fingerprint density at radius 3 is 3.24 bits per heavy atom. The van der Waals surface area contributed by atoms with Gasteiger partial charge in [0.2, 0.25) is 0 Å². The van der Waals surface area contributed by atoms with Crippen molar-refractivity contribution in [3.05, 3.63) is 23.8 Å². The molecular weight excluding hydrogens is 266 g/mol. The summed E-state index contributed by atoms with van der Waals surface area (Å²) in [6, 6.07) is 5.86. The van der Waals surface area contributed by atoms with Crippen molar-refractivity contribution < 1.29 is 9.53 Å². The van der Waals surface area contributed by atoms with Gasteiger partial charge in [0, 0.05) is 37.4 Å². The van der Waals surface area contributed by atoms with Crippen LogP contribution in [0.1, 0.15) is 25.3 Å². The van der Waals surface area contributed by atoms with E-state index in [2.05, 4.69) is 17.6 Å². The van der Waals surface area contributed by atoms with Crippen LogP contribution in [0.15, 0.2) is 18.2 Å². The third kappa shape index (κ3) is 3.47. The van der Waals surface area contributed by atoms with Gasteiger partial charge in [0.05, 0.1) is 0 Å². The van der Waals surface area contributed by atoms with Gasteiger partial charge in [-0.25, -0.2) is 4.79 Å². The topological polar surface area (TPSA) is 53.6 Å². The number of ether oxygens (including phenoxy) is 1. The Bertz CT molecular complexity index is 518. The van der Waals surface area contributed by atoms with Gasteiger partial charge in [0.1, 0.15) is 12.4 Å². The number of anilines is 1. The highest BCUT2D eigenvalue weighted by molar-refractivity contribution is 5.89. The predicted molar refractivity (Wildman–Crippen MR) is 82.6 cm³/mol. The third-order valence-electron chi connectivity index (χ3n) is 4.11. The maximum absolute atomic E-state index is 12.3. The first-order valence-corrected chi connectivity index (χ1v) is 7.75. The second-order valence-electron chi connectivity index (χ2n) is 5.97. The maximum Gasteiger partial charge on any atom is 0.321 e. The summed E-state index contributed by atoms with van der Waals surface area (Å²) in [4.78, 5) is 14.2. The molecule has 3 rings (SSSR count). The highest BCUT2D eigenvalue weighted by Crippen LogP contribution is 2.24. The van der Waals surface area contributed by atoms with Gasteiger partial charge < -0.3 is 20.3 Å². The lowest BCUT2D eigenvalue weighted by Gasteiger charge is -2.31. The second-order valence-corrected chi connectivity index (χ2v) is 5.97. The quantitative estimate of drug-likeness (QED) is 0.835. The molecule has 1 aromatic rings. The fourth-order valence-electron chi connectivity index (χ4n) is 2.97. The molecule has 0 bridgehead atoms. The number of amides is 2. The van der Waals surface area contributed by atoms with Crippen molar-refractivity contribution in [2.45, 2.75) is 26.3 Å². The predicted octanol–water partition coefficient (Wildman–Crippen LogP) is 2.43. The van der Waals surface area contributed by atoms with E-state index in [0.29, 0.717) is 12.5 Å². The van der Waals surface area contributed by atoms with Crippen LogP contribution in [0.3, 0.4) is 0 Å². The largest absolute Gasteiger partial charge is 0.492 e. The van der Waals surface area contributed by atoms with Crippen LogP contribution in [0.25, 0.3) is 0 Å². The number of fused-ring (bicyclic) bond motifs is 1. The first kappa shape index (κ1) is 14.2. The summed E-state index contributed by atoms with van der Waals surface area (Å²) >= 11 is 0. The zero-order valence-corrected chi connectivity index (χ0v) is 12.5. The van der Waals surface area contributed by atoms with E-state index in [-0.39, 0.29) is 6.03 Å². The van der Waals surface area contributed by atoms with E-state index in [4.69, 9.17) is 4.74 Å². The minimum absolute atomic E-state index is 0.00370. The van der Waals surface area contributed by atoms with E-state index in [0.717, 1.165) is 49.6 Å². The number of nitrogens with zero attached hydrogens (tertiary/aromatic N) is 1. The van der Waals surface area contributed by atoms with Gasteiger partial charge in [0.25, 0.3) is 0 Å². The fraction of sp³-hybridized carbons (Fsp3) is 0.562. The van der Waals surface area contributed by atoms with Crippen LogP contribution < -0.4 is 15.4 Å². The molecule has 0 radical (unpaired) electrons. The van der Waals surface area contributed by atoms with Crippen LogP contribution in [0.5, 0.6) is 5.75 Å². The minimum Gasteiger partial charge on any atom is -0.492 e. The van der Waals surface area contributed by atoms with Crippen LogP contribution in [-0.4, -0.2) is 37.2 Å². The molecule has 5 heteroatoms. The van der Waals surface area contributed by atoms with Crippen LogP contribution >= 0.6 is 0 Å². The van der Waals surface area contributed by atoms with Crippen molar-refractivity contribution in [3.8, 4) is 5.75 Å². The van der Waals surface area contributed by atoms with Crippen LogP contribution in [0.4, 0.5) is 10.5 Å². The van der Waals surface area contributed by atoms with Gasteiger partial charge >= 0.3 is 6.03 Å². The van der Waals surface area contributed by atoms with Gasteiger partial charge in [-0.1, -0.05) is 6.92 Å². The molecule has 2 amide bonds. The summed E-state index contributed by atoms with van der Waals surface area (Å²) in [6.45, 7) is 6.21. The number of benzene rings is 1. The zero-order chi connectivity index (χ0) is 14.7. The monoisotopic (exact) mass is 289 g/mol. The molecule has 0 aliphatic carbocycles. The van der Waals surface area contributed by atoms with Crippen molar-refractivity contribution in [1.82, 2.24) is 10.2 Å². The SMILES string of the molecule is CC1CCCN(C(=O)Nc2ccc3c(c2)CNCCO3)C1. The molecule has 1 unspecified atom stereocenters. The number of likely N-dealkylation sites (tertiary alicyclic amines) is 1. The maximum atomic E-state index is 12.3. The summed E-state index contributed by atoms with van der Waals surface area (Å²) in [5.74, 6) is 1.50. The average molecular weight is 289 g/mol. The van der Waals surface area contributed by atoms with Crippen molar-refractivity contribution in [2.75, 3.05) is 31.6 Å². The number of nitrogens with one attached hydrogen (secondary N) is 2. The number of hydrogen-bond acceptors (Lipinski definition) is 3. The summed E-state index contributed by atoms with van der Waals surface area (Å²) in [7, 11) is 0. The number of urea groups is 1. The van der Waals surface area contributed by atoms with Gasteiger partial charge in [-0.2, -0.15) is 0 Å². The fourth-order valence-corrected chi connectivity index (χ4v) is 2.97. The van der Waals surface area contributed by atoms with Crippen LogP contribution in [-0.2, 0) is 6.54 Å². The van der Waals surface area contributed by atoms with E-state index in [1.807, 2.05) is 23.1 Å². The van der Waals surface area contributed by atoms with Crippen LogP contribution in [0.2, 0.25) is 0 Å². The molecule has 0 saturated carbocycles. The van der Waals surface area contributed by atoms with Gasteiger partial charge in [0.15, 0.2) is 0 Å². The molecule has 21 heavy (non-hydrogen) atoms. The van der Waals surface area contributed by atoms with E-state index < -0.39 is 0 Å². The Morgan fingerprint density at radius 1 is 1.48 bits per heavy atom. The average Bonchev–Trinajstić information content (AvgIpc) is 2.72. The molecule has 0 aromatic heterocycles. The highest BCUT2D eigenvalue weighted by Gasteiger charge is 2.21. The second kappa shape index (κ2) is 6.35. The van der Waals surface area contributed by atoms with E-state index in [9.17, 15) is 4.79 Å². The molecule has 1 aromatic carbocycles. The first-order valence-electron chi connectivity index (χ1n) is 7.75. The van der Waals surface area contributed by atoms with Crippen molar-refractivity contribution in [2.24, 2.45) is 5.92 Å². The lowest BCUT2D eigenvalue weighted by atomic mass is 10.0. The lowest BCUT2D eigenvalue weighted by molar-refractivity contribution is 0.182. The molecule has 114 valence electrons. The smallest absolute Gasteiger partial charge is 0.321 e. The van der Waals surface area contributed by atoms with Crippen LogP contribution in [0, 0.1) is 5.92 Å². The third-order valence-corrected chi connectivity index (χ3v) is 4.11. The first-order chi connectivity index (χ1) is 10.2. The Hall–Kier alpha value is -1.75. The number of piperidine rings is 1. The molecule has 5 nitrogen and oxygen atoms in total. The molecule has 2 N–H and O–H groups in total. The van der Waals surface area contributed by atoms with Gasteiger partial charge in [-0.05, 0) is 37.0 Å². The van der Waals surface area contributed by atoms with Crippen molar-refractivity contribution in [3.63, 3.8) is 0 Å². The Balaban J connectivity index is 1.67. The Labute approximate surface area is 125 Å². The number of rotatable bonds is 1. The molecule has 2 heterocycles. The van der Waals surface area contributed by atoms with E-state index in [1.165, 1.54) is 6.42 Å². The molecule has 1 atom stereocenters. The number of carbonyl (C=O) groups excluding carboxylic acids is 1. The molecule has 2 aliphatic rings. The van der Waals surface area contributed by atoms with Gasteiger partial charge in [-0.15, -0.1) is 0 Å². The molecule has 1 saturated heterocycles. The Morgan fingerprint density at radius 2 is 2.38 bits per heavy atom. The summed E-state index contributed by atoms with van der Waals surface area (Å²) < 4.78 is 5.65. The number of carbonyl (C=O) groups is 1. The van der Waals surface area contributed by atoms with Gasteiger partial charge in [-0.3, -0.25) is 0 Å². The van der Waals surface area contributed by atoms with E-state index in [1.54, 1.807) is 0 Å². The minimum atomic E-state index is 0.00370. The number of hydrogen-bond donors (Lipinski definition) is 2. The molecular formula is C16H23N3O2. The summed E-state index contributed by atoms with van der Waals surface area (Å²) in [6.07, 6.45) is 2.31. The highest BCUT2D eigenvalue weighted by atomic mass is 16.5. The Kier molecular flexibility index (Phi) is 4.29. The lowest BCUT2D eigenvalue weighted by Crippen LogP contribution is -2.41. The summed E-state index contributed by atoms with van der Waals surface area (Å²) in [5, 5.41) is 6.31. The standard InChI is InChI=1S/C16H23N3O2/c1-12-3-2-7-19(11-12)16(20)18-14-4-5-15-13(9-14)10-17-6-8-21-15/h4-5,9,12,17H,2-3,6-8,10-11H2,1H3,(H,18,20). The normalized spacial score (nSPS) is 22.0.